The van der Waals surface area contributed by atoms with Gasteiger partial charge >= 0.3 is 0 Å². The van der Waals surface area contributed by atoms with Gasteiger partial charge in [0.2, 0.25) is 0 Å². The van der Waals surface area contributed by atoms with E-state index in [1.54, 1.807) is 0 Å². The van der Waals surface area contributed by atoms with Crippen LogP contribution < -0.4 is 5.73 Å². The first-order valence-corrected chi connectivity index (χ1v) is 8.33. The zero-order valence-electron chi connectivity index (χ0n) is 11.0. The standard InChI is InChI=1S/C14H27NOS/c1-2-11-3-6-14(10-15,7-4-11)13(16)12-5-8-17-9-12/h11-13,16H,2-10,15H2,1H3. The van der Waals surface area contributed by atoms with Crippen molar-refractivity contribution in [1.82, 2.24) is 0 Å². The maximum Gasteiger partial charge on any atom is 0.0644 e. The number of thioether (sulfide) groups is 1. The minimum absolute atomic E-state index is 0.0429. The summed E-state index contributed by atoms with van der Waals surface area (Å²) in [5.41, 5.74) is 6.07. The van der Waals surface area contributed by atoms with Gasteiger partial charge < -0.3 is 10.8 Å². The predicted octanol–water partition coefficient (Wildman–Crippen LogP) is 2.65. The van der Waals surface area contributed by atoms with Crippen LogP contribution >= 0.6 is 11.8 Å². The van der Waals surface area contributed by atoms with E-state index in [1.807, 2.05) is 11.8 Å². The van der Waals surface area contributed by atoms with Gasteiger partial charge in [0.25, 0.3) is 0 Å². The number of aliphatic hydroxyl groups excluding tert-OH is 1. The van der Waals surface area contributed by atoms with Gasteiger partial charge in [-0.1, -0.05) is 13.3 Å². The fraction of sp³-hybridized carbons (Fsp3) is 1.00. The van der Waals surface area contributed by atoms with E-state index in [0.717, 1.165) is 24.5 Å². The van der Waals surface area contributed by atoms with E-state index < -0.39 is 0 Å². The molecule has 1 saturated heterocycles. The summed E-state index contributed by atoms with van der Waals surface area (Å²) in [6.07, 6.45) is 7.14. The Kier molecular flexibility index (Phi) is 4.79. The summed E-state index contributed by atoms with van der Waals surface area (Å²) in [6.45, 7) is 2.95. The zero-order chi connectivity index (χ0) is 12.3. The lowest BCUT2D eigenvalue weighted by Gasteiger charge is -2.44. The van der Waals surface area contributed by atoms with Gasteiger partial charge in [-0.3, -0.25) is 0 Å². The van der Waals surface area contributed by atoms with Gasteiger partial charge in [0, 0.05) is 12.0 Å². The number of hydrogen-bond acceptors (Lipinski definition) is 3. The summed E-state index contributed by atoms with van der Waals surface area (Å²) in [4.78, 5) is 0. The maximum absolute atomic E-state index is 10.7. The summed E-state index contributed by atoms with van der Waals surface area (Å²) < 4.78 is 0. The van der Waals surface area contributed by atoms with Gasteiger partial charge in [0.1, 0.15) is 0 Å². The average molecular weight is 257 g/mol. The topological polar surface area (TPSA) is 46.2 Å². The Labute approximate surface area is 110 Å². The molecule has 0 aromatic rings. The quantitative estimate of drug-likeness (QED) is 0.814. The second-order valence-electron chi connectivity index (χ2n) is 5.99. The minimum atomic E-state index is -0.152. The molecule has 1 aliphatic heterocycles. The number of nitrogens with two attached hydrogens (primary N) is 1. The van der Waals surface area contributed by atoms with Crippen LogP contribution in [0.25, 0.3) is 0 Å². The van der Waals surface area contributed by atoms with Gasteiger partial charge in [-0.25, -0.2) is 0 Å². The normalized spacial score (nSPS) is 40.4. The van der Waals surface area contributed by atoms with Gasteiger partial charge in [0.05, 0.1) is 6.10 Å². The molecule has 1 heterocycles. The Morgan fingerprint density at radius 1 is 1.35 bits per heavy atom. The van der Waals surface area contributed by atoms with E-state index in [2.05, 4.69) is 6.92 Å². The molecule has 3 heteroatoms. The SMILES string of the molecule is CCC1CCC(CN)(C(O)C2CCSC2)CC1. The van der Waals surface area contributed by atoms with Crippen molar-refractivity contribution in [1.29, 1.82) is 0 Å². The Morgan fingerprint density at radius 3 is 2.53 bits per heavy atom. The molecule has 2 unspecified atom stereocenters. The molecule has 100 valence electrons. The predicted molar refractivity (Wildman–Crippen MR) is 75.2 cm³/mol. The highest BCUT2D eigenvalue weighted by molar-refractivity contribution is 7.99. The summed E-state index contributed by atoms with van der Waals surface area (Å²) in [5.74, 6) is 3.74. The Morgan fingerprint density at radius 2 is 2.06 bits per heavy atom. The van der Waals surface area contributed by atoms with Crippen LogP contribution in [0.3, 0.4) is 0 Å². The second-order valence-corrected chi connectivity index (χ2v) is 7.14. The van der Waals surface area contributed by atoms with E-state index in [4.69, 9.17) is 5.73 Å². The number of aliphatic hydroxyl groups is 1. The average Bonchev–Trinajstić information content (AvgIpc) is 2.92. The summed E-state index contributed by atoms with van der Waals surface area (Å²) in [6, 6.07) is 0. The van der Waals surface area contributed by atoms with Crippen molar-refractivity contribution in [2.24, 2.45) is 23.0 Å². The van der Waals surface area contributed by atoms with E-state index in [0.29, 0.717) is 12.5 Å². The third-order valence-corrected chi connectivity index (χ3v) is 6.31. The van der Waals surface area contributed by atoms with Gasteiger partial charge in [-0.2, -0.15) is 11.8 Å². The highest BCUT2D eigenvalue weighted by Gasteiger charge is 2.43. The van der Waals surface area contributed by atoms with Gasteiger partial charge in [-0.05, 0) is 55.4 Å². The largest absolute Gasteiger partial charge is 0.392 e. The maximum atomic E-state index is 10.7. The van der Waals surface area contributed by atoms with E-state index in [-0.39, 0.29) is 11.5 Å². The molecule has 2 nitrogen and oxygen atoms in total. The first kappa shape index (κ1) is 13.7. The van der Waals surface area contributed by atoms with Gasteiger partial charge in [0.15, 0.2) is 0 Å². The van der Waals surface area contributed by atoms with Crippen LogP contribution in [0, 0.1) is 17.3 Å². The molecule has 1 saturated carbocycles. The van der Waals surface area contributed by atoms with E-state index >= 15 is 0 Å². The molecule has 0 amide bonds. The minimum Gasteiger partial charge on any atom is -0.392 e. The van der Waals surface area contributed by atoms with Crippen molar-refractivity contribution in [3.8, 4) is 0 Å². The van der Waals surface area contributed by atoms with Gasteiger partial charge in [-0.15, -0.1) is 0 Å². The molecule has 17 heavy (non-hydrogen) atoms. The molecule has 0 spiro atoms. The lowest BCUT2D eigenvalue weighted by atomic mass is 9.64. The molecule has 0 bridgehead atoms. The number of hydrogen-bond donors (Lipinski definition) is 2. The molecule has 2 fully saturated rings. The Hall–Kier alpha value is 0.270. The lowest BCUT2D eigenvalue weighted by Crippen LogP contribution is -2.48. The smallest absolute Gasteiger partial charge is 0.0644 e. The molecule has 2 rings (SSSR count). The van der Waals surface area contributed by atoms with Crippen LogP contribution in [0.1, 0.15) is 45.4 Å². The molecule has 2 atom stereocenters. The highest BCUT2D eigenvalue weighted by atomic mass is 32.2. The van der Waals surface area contributed by atoms with Crippen molar-refractivity contribution in [3.05, 3.63) is 0 Å². The summed E-state index contributed by atoms with van der Waals surface area (Å²) in [5, 5.41) is 10.7. The molecular formula is C14H27NOS. The Bertz CT molecular complexity index is 232. The van der Waals surface area contributed by atoms with Crippen LogP contribution in [0.5, 0.6) is 0 Å². The second kappa shape index (κ2) is 5.94. The fourth-order valence-electron chi connectivity index (χ4n) is 3.58. The molecule has 1 aliphatic carbocycles. The molecule has 0 aromatic carbocycles. The van der Waals surface area contributed by atoms with Crippen LogP contribution in [-0.2, 0) is 0 Å². The first-order chi connectivity index (χ1) is 8.22. The van der Waals surface area contributed by atoms with Crippen molar-refractivity contribution < 1.29 is 5.11 Å². The molecule has 3 N–H and O–H groups in total. The molecular weight excluding hydrogens is 230 g/mol. The van der Waals surface area contributed by atoms with Crippen molar-refractivity contribution in [2.45, 2.75) is 51.6 Å². The zero-order valence-corrected chi connectivity index (χ0v) is 11.8. The van der Waals surface area contributed by atoms with Crippen molar-refractivity contribution in [2.75, 3.05) is 18.1 Å². The summed E-state index contributed by atoms with van der Waals surface area (Å²) >= 11 is 1.99. The fourth-order valence-corrected chi connectivity index (χ4v) is 4.87. The van der Waals surface area contributed by atoms with Crippen molar-refractivity contribution >= 4 is 11.8 Å². The van der Waals surface area contributed by atoms with Crippen LogP contribution in [0.4, 0.5) is 0 Å². The number of rotatable bonds is 4. The monoisotopic (exact) mass is 257 g/mol. The first-order valence-electron chi connectivity index (χ1n) is 7.17. The van der Waals surface area contributed by atoms with Crippen molar-refractivity contribution in [3.63, 3.8) is 0 Å². The van der Waals surface area contributed by atoms with Crippen LogP contribution in [0.2, 0.25) is 0 Å². The molecule has 0 radical (unpaired) electrons. The lowest BCUT2D eigenvalue weighted by molar-refractivity contribution is -0.0383. The van der Waals surface area contributed by atoms with Crippen LogP contribution in [-0.4, -0.2) is 29.3 Å². The Balaban J connectivity index is 1.99. The summed E-state index contributed by atoms with van der Waals surface area (Å²) in [7, 11) is 0. The third-order valence-electron chi connectivity index (χ3n) is 5.12. The van der Waals surface area contributed by atoms with E-state index in [1.165, 1.54) is 31.4 Å². The van der Waals surface area contributed by atoms with Crippen LogP contribution in [0.15, 0.2) is 0 Å². The highest BCUT2D eigenvalue weighted by Crippen LogP contribution is 2.45. The molecule has 0 aromatic heterocycles. The third kappa shape index (κ3) is 2.82. The van der Waals surface area contributed by atoms with E-state index in [9.17, 15) is 5.11 Å². The molecule has 2 aliphatic rings.